The Hall–Kier alpha value is -11.7. The summed E-state index contributed by atoms with van der Waals surface area (Å²) >= 11 is 0. The molecule has 3 unspecified atom stereocenters. The summed E-state index contributed by atoms with van der Waals surface area (Å²) in [6.07, 6.45) is 19.9. The van der Waals surface area contributed by atoms with Gasteiger partial charge < -0.3 is 49.8 Å². The number of nitrogens with zero attached hydrogens (tertiary/aromatic N) is 11. The Bertz CT molecular complexity index is 5290. The number of hydrogen-bond acceptors (Lipinski definition) is 19. The number of hydrogen-bond donors (Lipinski definition) is 5. The summed E-state index contributed by atoms with van der Waals surface area (Å²) in [7, 11) is 3.84. The van der Waals surface area contributed by atoms with Crippen molar-refractivity contribution in [3.8, 4) is 113 Å². The van der Waals surface area contributed by atoms with Gasteiger partial charge in [-0.2, -0.15) is 0 Å². The van der Waals surface area contributed by atoms with Crippen LogP contribution in [-0.2, 0) is 19.6 Å². The molecule has 15 rings (SSSR count). The van der Waals surface area contributed by atoms with Crippen LogP contribution in [0.1, 0.15) is 113 Å². The van der Waals surface area contributed by atoms with Gasteiger partial charge in [0.25, 0.3) is 16.7 Å². The summed E-state index contributed by atoms with van der Waals surface area (Å²) in [4.78, 5) is 68.0. The number of nitrogens with two attached hydrogens (primary N) is 2. The first-order chi connectivity index (χ1) is 50.1. The van der Waals surface area contributed by atoms with Crippen LogP contribution in [-0.4, -0.2) is 73.6 Å². The van der Waals surface area contributed by atoms with Crippen molar-refractivity contribution >= 4 is 5.82 Å². The van der Waals surface area contributed by atoms with E-state index >= 15 is 0 Å². The van der Waals surface area contributed by atoms with Crippen molar-refractivity contribution in [3.05, 3.63) is 248 Å². The van der Waals surface area contributed by atoms with Gasteiger partial charge in [-0.05, 0) is 119 Å². The van der Waals surface area contributed by atoms with Crippen molar-refractivity contribution in [3.63, 3.8) is 0 Å². The van der Waals surface area contributed by atoms with Crippen LogP contribution in [0.4, 0.5) is 5.82 Å². The molecule has 103 heavy (non-hydrogen) atoms. The van der Waals surface area contributed by atoms with Crippen LogP contribution in [0.5, 0.6) is 0 Å². The van der Waals surface area contributed by atoms with Crippen LogP contribution >= 0.6 is 0 Å². The van der Waals surface area contributed by atoms with Gasteiger partial charge in [0, 0.05) is 127 Å². The summed E-state index contributed by atoms with van der Waals surface area (Å²) in [5.74, 6) is 3.13. The number of aryl methyl sites for hydroxylation is 3. The zero-order valence-electron chi connectivity index (χ0n) is 58.5. The quantitative estimate of drug-likeness (QED) is 0.0502. The Balaban J connectivity index is 0.000000199. The zero-order valence-corrected chi connectivity index (χ0v) is 58.5. The number of H-pyrrole nitrogens is 1. The SMILES string of the molecule is CNCc1ccc(-c2cc(-c3nc(-c4c[nH]c(=O)c(-c5ccccc5)c4)cnc3N)on2)cc1.CNCc1ccc(-c2cc(-c3nc(-c4ccc(=O)n(CCC5CCCC5)c4)cnc3C)on2)cc1.Cc1ncc(-c2ccc(=O)n(C3CCC(C)C3)c2)nc1-c1cc(-c2cccc(C(C)N)c2)no1.[HH].[HH].[HH].[HH].[HH]. The van der Waals surface area contributed by atoms with Crippen LogP contribution < -0.4 is 38.8 Å². The Labute approximate surface area is 603 Å². The third kappa shape index (κ3) is 16.5. The minimum Gasteiger partial charge on any atom is -0.382 e. The van der Waals surface area contributed by atoms with E-state index in [9.17, 15) is 14.4 Å². The van der Waals surface area contributed by atoms with Gasteiger partial charge in [0.2, 0.25) is 0 Å². The molecule has 532 valence electrons. The zero-order chi connectivity index (χ0) is 71.5. The van der Waals surface area contributed by atoms with Crippen LogP contribution in [0, 0.1) is 25.7 Å². The molecule has 0 saturated heterocycles. The van der Waals surface area contributed by atoms with Crippen LogP contribution in [0.2, 0.25) is 0 Å². The van der Waals surface area contributed by atoms with Crippen LogP contribution in [0.3, 0.4) is 0 Å². The Kier molecular flexibility index (Phi) is 21.6. The van der Waals surface area contributed by atoms with E-state index in [0.717, 1.165) is 107 Å². The molecule has 2 fully saturated rings. The van der Waals surface area contributed by atoms with Gasteiger partial charge in [0.1, 0.15) is 28.5 Å². The first-order valence-corrected chi connectivity index (χ1v) is 34.9. The fraction of sp³-hybridized carbons (Fsp3) is 0.259. The number of aromatic amines is 1. The van der Waals surface area contributed by atoms with E-state index in [1.807, 2.05) is 167 Å². The highest BCUT2D eigenvalue weighted by molar-refractivity contribution is 5.76. The molecule has 9 heterocycles. The predicted octanol–water partition coefficient (Wildman–Crippen LogP) is 15.9. The number of aromatic nitrogens is 12. The van der Waals surface area contributed by atoms with Gasteiger partial charge in [0.05, 0.1) is 47.1 Å². The standard InChI is InChI=1S/C28H31N5O2.C27H29N5O2.C26H22N6O2.5H2/c1-19-28(26-15-24(32-35-26)22-9-7-21(8-10-22)16-29-2)31-25(17-30-19)23-11-12-27(34)33(18-23)14-13-20-5-3-4-6-20;1-16-7-9-22(11-16)32-15-21(8-10-26(32)33)24-14-29-18(3)27(30-24)25-13-23(31-34-25)20-6-4-5-19(12-20)17(2)28;1-28-13-16-7-9-18(10-8-16)21-12-23(34-32-21)24-25(27)29-15-22(31-24)19-11-20(26(33)30-14-19)17-5-3-2-4-6-17;;;;;/h7-12,15,17-18,20,29H,3-6,13-14,16H2,1-2H3;4-6,8,10,12-17,22H,7,9,11,28H2,1-3H3;2-12,14-15,28H,13H2,1H3,(H2,27,29)(H,30,33);5*1H. The highest BCUT2D eigenvalue weighted by atomic mass is 16.5. The average Bonchev–Trinajstić information content (AvgIpc) is 1.55. The number of nitrogens with one attached hydrogen (secondary N) is 3. The second-order valence-electron chi connectivity index (χ2n) is 26.6. The van der Waals surface area contributed by atoms with Crippen LogP contribution in [0.25, 0.3) is 113 Å². The van der Waals surface area contributed by atoms with Gasteiger partial charge in [0.15, 0.2) is 28.8 Å². The number of anilines is 1. The van der Waals surface area contributed by atoms with E-state index < -0.39 is 0 Å². The predicted molar refractivity (Wildman–Crippen MR) is 411 cm³/mol. The molecule has 22 heteroatoms. The third-order valence-corrected chi connectivity index (χ3v) is 19.0. The minimum atomic E-state index is -0.181. The first-order valence-electron chi connectivity index (χ1n) is 34.9. The molecule has 0 amide bonds. The molecule has 4 aromatic carbocycles. The molecule has 0 bridgehead atoms. The maximum atomic E-state index is 12.5. The second kappa shape index (κ2) is 31.9. The molecule has 0 radical (unpaired) electrons. The summed E-state index contributed by atoms with van der Waals surface area (Å²) in [6.45, 7) is 10.3. The fourth-order valence-electron chi connectivity index (χ4n) is 13.2. The largest absolute Gasteiger partial charge is 0.382 e. The molecule has 9 aromatic heterocycles. The molecule has 0 aliphatic heterocycles. The van der Waals surface area contributed by atoms with Gasteiger partial charge in [-0.3, -0.25) is 24.4 Å². The number of pyridine rings is 3. The maximum Gasteiger partial charge on any atom is 0.255 e. The van der Waals surface area contributed by atoms with Crippen molar-refractivity contribution in [1.29, 1.82) is 0 Å². The van der Waals surface area contributed by atoms with E-state index in [1.165, 1.54) is 36.8 Å². The molecule has 2 saturated carbocycles. The lowest BCUT2D eigenvalue weighted by atomic mass is 10.0. The van der Waals surface area contributed by atoms with E-state index in [2.05, 4.69) is 70.1 Å². The Morgan fingerprint density at radius 1 is 0.553 bits per heavy atom. The van der Waals surface area contributed by atoms with E-state index in [-0.39, 0.29) is 41.7 Å². The van der Waals surface area contributed by atoms with Crippen molar-refractivity contribution < 1.29 is 20.7 Å². The Morgan fingerprint density at radius 3 is 1.65 bits per heavy atom. The number of rotatable bonds is 19. The highest BCUT2D eigenvalue weighted by Gasteiger charge is 2.25. The summed E-state index contributed by atoms with van der Waals surface area (Å²) in [6, 6.07) is 48.1. The van der Waals surface area contributed by atoms with Crippen molar-refractivity contribution in [2.75, 3.05) is 19.8 Å². The average molecular weight is 1390 g/mol. The van der Waals surface area contributed by atoms with E-state index in [1.54, 1.807) is 53.6 Å². The summed E-state index contributed by atoms with van der Waals surface area (Å²) < 4.78 is 20.6. The molecular weight excluding hydrogens is 1290 g/mol. The molecule has 22 nitrogen and oxygen atoms in total. The topological polar surface area (TPSA) is 308 Å². The fourth-order valence-corrected chi connectivity index (χ4v) is 13.2. The molecule has 0 spiro atoms. The lowest BCUT2D eigenvalue weighted by Crippen LogP contribution is -2.22. The summed E-state index contributed by atoms with van der Waals surface area (Å²) in [5, 5.41) is 19.0. The molecule has 7 N–H and O–H groups in total. The second-order valence-corrected chi connectivity index (χ2v) is 26.6. The third-order valence-electron chi connectivity index (χ3n) is 19.0. The smallest absolute Gasteiger partial charge is 0.255 e. The minimum absolute atomic E-state index is 0. The lowest BCUT2D eigenvalue weighted by molar-refractivity contribution is 0.433. The van der Waals surface area contributed by atoms with E-state index in [4.69, 9.17) is 35.0 Å². The van der Waals surface area contributed by atoms with Crippen molar-refractivity contribution in [2.45, 2.75) is 111 Å². The maximum absolute atomic E-state index is 12.5. The normalized spacial score (nSPS) is 14.6. The first kappa shape index (κ1) is 69.7. The number of benzene rings is 4. The van der Waals surface area contributed by atoms with E-state index in [0.29, 0.717) is 79.9 Å². The summed E-state index contributed by atoms with van der Waals surface area (Å²) in [5.41, 5.74) is 29.3. The van der Waals surface area contributed by atoms with Crippen molar-refractivity contribution in [1.82, 2.24) is 70.1 Å². The van der Waals surface area contributed by atoms with Crippen molar-refractivity contribution in [2.24, 2.45) is 17.6 Å². The highest BCUT2D eigenvalue weighted by Crippen LogP contribution is 2.37. The van der Waals surface area contributed by atoms with Gasteiger partial charge in [-0.25, -0.2) is 19.9 Å². The van der Waals surface area contributed by atoms with Gasteiger partial charge in [-0.1, -0.05) is 145 Å². The lowest BCUT2D eigenvalue weighted by Gasteiger charge is -2.15. The molecule has 2 aliphatic carbocycles. The molecule has 13 aromatic rings. The monoisotopic (exact) mass is 1380 g/mol. The van der Waals surface area contributed by atoms with Gasteiger partial charge >= 0.3 is 0 Å². The van der Waals surface area contributed by atoms with Crippen LogP contribution in [0.15, 0.2) is 217 Å². The molecule has 3 atom stereocenters. The number of nitrogen functional groups attached to an aromatic ring is 1. The van der Waals surface area contributed by atoms with Gasteiger partial charge in [-0.15, -0.1) is 0 Å². The molecule has 2 aliphatic rings. The Morgan fingerprint density at radius 2 is 1.08 bits per heavy atom. The molecular formula is C81H92N16O6.